The van der Waals surface area contributed by atoms with Crippen LogP contribution in [0.1, 0.15) is 11.1 Å². The highest BCUT2D eigenvalue weighted by Crippen LogP contribution is 2.32. The van der Waals surface area contributed by atoms with Crippen molar-refractivity contribution in [3.63, 3.8) is 0 Å². The number of nitrogens with zero attached hydrogens (tertiary/aromatic N) is 1. The van der Waals surface area contributed by atoms with Gasteiger partial charge in [0, 0.05) is 17.0 Å². The molecule has 0 radical (unpaired) electrons. The first-order valence-electron chi connectivity index (χ1n) is 5.84. The maximum absolute atomic E-state index is 12.5. The summed E-state index contributed by atoms with van der Waals surface area (Å²) in [6.07, 6.45) is -4.38. The third-order valence-electron chi connectivity index (χ3n) is 2.97. The third kappa shape index (κ3) is 3.41. The smallest absolute Gasteiger partial charge is 0.258 e. The molecule has 0 heterocycles. The fourth-order valence-corrected chi connectivity index (χ4v) is 2.35. The molecule has 0 spiro atoms. The van der Waals surface area contributed by atoms with Gasteiger partial charge in [-0.05, 0) is 35.4 Å². The largest absolute Gasteiger partial charge is 0.416 e. The molecule has 0 N–H and O–H groups in total. The summed E-state index contributed by atoms with van der Waals surface area (Å²) < 4.78 is 37.5. The highest BCUT2D eigenvalue weighted by molar-refractivity contribution is 9.08. The van der Waals surface area contributed by atoms with Crippen LogP contribution in [0.15, 0.2) is 42.5 Å². The lowest BCUT2D eigenvalue weighted by atomic mass is 10.0. The van der Waals surface area contributed by atoms with Crippen LogP contribution in [-0.2, 0) is 11.5 Å². The summed E-state index contributed by atoms with van der Waals surface area (Å²) in [5.74, 6) is 0. The molecule has 2 aromatic rings. The van der Waals surface area contributed by atoms with Crippen molar-refractivity contribution in [3.8, 4) is 11.1 Å². The van der Waals surface area contributed by atoms with Gasteiger partial charge in [0.15, 0.2) is 0 Å². The first kappa shape index (κ1) is 15.5. The summed E-state index contributed by atoms with van der Waals surface area (Å²) in [6.45, 7) is 0. The summed E-state index contributed by atoms with van der Waals surface area (Å²) in [4.78, 5) is 10.4. The van der Waals surface area contributed by atoms with E-state index in [4.69, 9.17) is 0 Å². The highest BCUT2D eigenvalue weighted by Gasteiger charge is 2.30. The van der Waals surface area contributed by atoms with Gasteiger partial charge in [0.05, 0.1) is 10.5 Å². The van der Waals surface area contributed by atoms with Crippen LogP contribution in [0.4, 0.5) is 18.9 Å². The standard InChI is InChI=1S/C14H9BrF3NO2/c15-8-11-7-10(3-6-13(11)19(20)21)9-1-4-12(5-2-9)14(16,17)18/h1-7H,8H2. The number of nitro benzene ring substituents is 1. The lowest BCUT2D eigenvalue weighted by molar-refractivity contribution is -0.385. The quantitative estimate of drug-likeness (QED) is 0.430. The maximum atomic E-state index is 12.5. The molecular weight excluding hydrogens is 351 g/mol. The Labute approximate surface area is 126 Å². The Balaban J connectivity index is 2.41. The summed E-state index contributed by atoms with van der Waals surface area (Å²) >= 11 is 3.17. The minimum Gasteiger partial charge on any atom is -0.258 e. The minimum absolute atomic E-state index is 0.0254. The maximum Gasteiger partial charge on any atom is 0.416 e. The topological polar surface area (TPSA) is 43.1 Å². The van der Waals surface area contributed by atoms with E-state index in [2.05, 4.69) is 15.9 Å². The van der Waals surface area contributed by atoms with Gasteiger partial charge in [-0.3, -0.25) is 10.1 Å². The zero-order valence-corrected chi connectivity index (χ0v) is 12.1. The predicted octanol–water partition coefficient (Wildman–Crippen LogP) is 5.18. The van der Waals surface area contributed by atoms with Crippen molar-refractivity contribution in [2.24, 2.45) is 0 Å². The summed E-state index contributed by atoms with van der Waals surface area (Å²) in [6, 6.07) is 9.14. The van der Waals surface area contributed by atoms with E-state index < -0.39 is 16.7 Å². The van der Waals surface area contributed by atoms with Gasteiger partial charge in [0.25, 0.3) is 5.69 Å². The summed E-state index contributed by atoms with van der Waals surface area (Å²) in [7, 11) is 0. The highest BCUT2D eigenvalue weighted by atomic mass is 79.9. The Morgan fingerprint density at radius 2 is 1.62 bits per heavy atom. The first-order chi connectivity index (χ1) is 9.82. The van der Waals surface area contributed by atoms with E-state index in [1.165, 1.54) is 24.3 Å². The zero-order chi connectivity index (χ0) is 15.6. The van der Waals surface area contributed by atoms with Gasteiger partial charge in [0.1, 0.15) is 0 Å². The van der Waals surface area contributed by atoms with Crippen LogP contribution in [-0.4, -0.2) is 4.92 Å². The van der Waals surface area contributed by atoms with Gasteiger partial charge < -0.3 is 0 Å². The normalized spacial score (nSPS) is 11.4. The van der Waals surface area contributed by atoms with Crippen LogP contribution >= 0.6 is 15.9 Å². The number of alkyl halides is 4. The summed E-state index contributed by atoms with van der Waals surface area (Å²) in [5.41, 5.74) is 0.915. The molecule has 3 nitrogen and oxygen atoms in total. The van der Waals surface area contributed by atoms with E-state index in [-0.39, 0.29) is 11.0 Å². The Hall–Kier alpha value is -1.89. The SMILES string of the molecule is O=[N+]([O-])c1ccc(-c2ccc(C(F)(F)F)cc2)cc1CBr. The van der Waals surface area contributed by atoms with Gasteiger partial charge in [-0.1, -0.05) is 28.1 Å². The summed E-state index contributed by atoms with van der Waals surface area (Å²) in [5, 5.41) is 11.1. The van der Waals surface area contributed by atoms with Gasteiger partial charge in [-0.25, -0.2) is 0 Å². The number of halogens is 4. The van der Waals surface area contributed by atoms with Crippen LogP contribution < -0.4 is 0 Å². The Bertz CT molecular complexity index is 669. The molecule has 7 heteroatoms. The molecule has 2 aromatic carbocycles. The van der Waals surface area contributed by atoms with E-state index in [1.807, 2.05) is 0 Å². The van der Waals surface area contributed by atoms with E-state index in [1.54, 1.807) is 6.07 Å². The molecule has 0 aromatic heterocycles. The molecule has 110 valence electrons. The van der Waals surface area contributed by atoms with Crippen molar-refractivity contribution in [2.45, 2.75) is 11.5 Å². The zero-order valence-electron chi connectivity index (χ0n) is 10.5. The van der Waals surface area contributed by atoms with Crippen molar-refractivity contribution in [1.82, 2.24) is 0 Å². The fraction of sp³-hybridized carbons (Fsp3) is 0.143. The predicted molar refractivity (Wildman–Crippen MR) is 76.2 cm³/mol. The van der Waals surface area contributed by atoms with Gasteiger partial charge in [-0.2, -0.15) is 13.2 Å². The monoisotopic (exact) mass is 359 g/mol. The van der Waals surface area contributed by atoms with E-state index in [0.717, 1.165) is 12.1 Å². The van der Waals surface area contributed by atoms with Gasteiger partial charge >= 0.3 is 6.18 Å². The van der Waals surface area contributed by atoms with Crippen LogP contribution in [0.2, 0.25) is 0 Å². The third-order valence-corrected chi connectivity index (χ3v) is 3.57. The average molecular weight is 360 g/mol. The Kier molecular flexibility index (Phi) is 4.32. The van der Waals surface area contributed by atoms with E-state index in [0.29, 0.717) is 16.7 Å². The molecule has 0 bridgehead atoms. The van der Waals surface area contributed by atoms with Crippen LogP contribution in [0, 0.1) is 10.1 Å². The van der Waals surface area contributed by atoms with Crippen molar-refractivity contribution < 1.29 is 18.1 Å². The molecule has 0 fully saturated rings. The lowest BCUT2D eigenvalue weighted by Gasteiger charge is -2.08. The number of rotatable bonds is 3. The second-order valence-electron chi connectivity index (χ2n) is 4.31. The van der Waals surface area contributed by atoms with Gasteiger partial charge in [-0.15, -0.1) is 0 Å². The van der Waals surface area contributed by atoms with Crippen molar-refractivity contribution in [3.05, 3.63) is 63.7 Å². The Morgan fingerprint density at radius 1 is 1.05 bits per heavy atom. The van der Waals surface area contributed by atoms with Crippen LogP contribution in [0.5, 0.6) is 0 Å². The van der Waals surface area contributed by atoms with Crippen molar-refractivity contribution in [1.29, 1.82) is 0 Å². The van der Waals surface area contributed by atoms with Crippen LogP contribution in [0.25, 0.3) is 11.1 Å². The fourth-order valence-electron chi connectivity index (χ4n) is 1.90. The second kappa shape index (κ2) is 5.85. The molecule has 0 atom stereocenters. The number of nitro groups is 1. The molecule has 0 amide bonds. The van der Waals surface area contributed by atoms with Gasteiger partial charge in [0.2, 0.25) is 0 Å². The number of benzene rings is 2. The number of hydrogen-bond acceptors (Lipinski definition) is 2. The molecule has 0 saturated heterocycles. The first-order valence-corrected chi connectivity index (χ1v) is 6.96. The van der Waals surface area contributed by atoms with E-state index >= 15 is 0 Å². The number of hydrogen-bond donors (Lipinski definition) is 0. The molecule has 0 aliphatic heterocycles. The minimum atomic E-state index is -4.38. The molecule has 0 unspecified atom stereocenters. The molecule has 0 saturated carbocycles. The average Bonchev–Trinajstić information content (AvgIpc) is 2.45. The molecule has 2 rings (SSSR count). The Morgan fingerprint density at radius 3 is 2.10 bits per heavy atom. The lowest BCUT2D eigenvalue weighted by Crippen LogP contribution is -2.04. The second-order valence-corrected chi connectivity index (χ2v) is 4.87. The molecule has 0 aliphatic carbocycles. The molecule has 21 heavy (non-hydrogen) atoms. The molecule has 0 aliphatic rings. The van der Waals surface area contributed by atoms with Crippen molar-refractivity contribution >= 4 is 21.6 Å². The van der Waals surface area contributed by atoms with Crippen LogP contribution in [0.3, 0.4) is 0 Å². The molecular formula is C14H9BrF3NO2. The van der Waals surface area contributed by atoms with E-state index in [9.17, 15) is 23.3 Å². The van der Waals surface area contributed by atoms with Crippen molar-refractivity contribution in [2.75, 3.05) is 0 Å².